The van der Waals surface area contributed by atoms with Gasteiger partial charge < -0.3 is 29.8 Å². The molecule has 1 aliphatic rings. The van der Waals surface area contributed by atoms with Gasteiger partial charge in [0.25, 0.3) is 5.91 Å². The number of nitrogens with one attached hydrogen (secondary N) is 2. The first-order valence-electron chi connectivity index (χ1n) is 10.8. The van der Waals surface area contributed by atoms with Crippen LogP contribution in [0.2, 0.25) is 10.0 Å². The highest BCUT2D eigenvalue weighted by Gasteiger charge is 2.28. The monoisotopic (exact) mass is 512 g/mol. The Balaban J connectivity index is 1.65. The van der Waals surface area contributed by atoms with Gasteiger partial charge in [0.2, 0.25) is 0 Å². The smallest absolute Gasteiger partial charge is 0.339 e. The molecule has 3 N–H and O–H groups in total. The third-order valence-electron chi connectivity index (χ3n) is 5.41. The summed E-state index contributed by atoms with van der Waals surface area (Å²) in [5.74, 6) is -1.34. The van der Waals surface area contributed by atoms with Gasteiger partial charge in [0.05, 0.1) is 10.0 Å². The van der Waals surface area contributed by atoms with Crippen LogP contribution in [-0.4, -0.2) is 65.3 Å². The van der Waals surface area contributed by atoms with Gasteiger partial charge in [0, 0.05) is 37.4 Å². The van der Waals surface area contributed by atoms with Gasteiger partial charge in [0.1, 0.15) is 24.5 Å². The lowest BCUT2D eigenvalue weighted by atomic mass is 10.0. The molecule has 0 aromatic carbocycles. The summed E-state index contributed by atoms with van der Waals surface area (Å²) in [7, 11) is 0. The lowest BCUT2D eigenvalue weighted by molar-refractivity contribution is -0.143. The summed E-state index contributed by atoms with van der Waals surface area (Å²) in [4.78, 5) is 44.8. The maximum Gasteiger partial charge on any atom is 0.339 e. The molecule has 3 heterocycles. The van der Waals surface area contributed by atoms with Crippen molar-refractivity contribution in [1.29, 1.82) is 0 Å². The summed E-state index contributed by atoms with van der Waals surface area (Å²) < 4.78 is 10.7. The number of ether oxygens (including phenoxy) is 2. The number of carbonyl (C=O) groups is 3. The highest BCUT2D eigenvalue weighted by molar-refractivity contribution is 6.44. The number of aryl methyl sites for hydroxylation is 1. The number of amides is 1. The SMILES string of the molecule is CCC(=O)OCCOc1c(C(=O)O)ccnc1N1CCC(NC(=O)c2[nH]c(C)c(Cl)c2Cl)CC1. The van der Waals surface area contributed by atoms with Gasteiger partial charge in [-0.15, -0.1) is 0 Å². The molecule has 1 saturated heterocycles. The Morgan fingerprint density at radius 2 is 1.94 bits per heavy atom. The predicted octanol–water partition coefficient (Wildman–Crippen LogP) is 3.45. The molecule has 1 aliphatic heterocycles. The molecule has 0 saturated carbocycles. The van der Waals surface area contributed by atoms with Crippen molar-refractivity contribution in [2.75, 3.05) is 31.2 Å². The van der Waals surface area contributed by atoms with E-state index >= 15 is 0 Å². The molecule has 2 aromatic heterocycles. The molecule has 0 aliphatic carbocycles. The van der Waals surface area contributed by atoms with Crippen LogP contribution in [-0.2, 0) is 9.53 Å². The molecule has 3 rings (SSSR count). The number of aromatic carboxylic acids is 1. The van der Waals surface area contributed by atoms with Gasteiger partial charge in [0.15, 0.2) is 11.6 Å². The molecule has 0 bridgehead atoms. The van der Waals surface area contributed by atoms with Crippen LogP contribution in [0.1, 0.15) is 52.7 Å². The molecule has 2 aromatic rings. The summed E-state index contributed by atoms with van der Waals surface area (Å²) >= 11 is 12.2. The lowest BCUT2D eigenvalue weighted by Crippen LogP contribution is -2.45. The van der Waals surface area contributed by atoms with Crippen LogP contribution in [0.5, 0.6) is 5.75 Å². The van der Waals surface area contributed by atoms with Crippen LogP contribution in [0.4, 0.5) is 5.82 Å². The normalized spacial score (nSPS) is 14.1. The Bertz CT molecular complexity index is 1070. The number of H-pyrrole nitrogens is 1. The van der Waals surface area contributed by atoms with Gasteiger partial charge in [-0.3, -0.25) is 9.59 Å². The molecule has 0 atom stereocenters. The summed E-state index contributed by atoms with van der Waals surface area (Å²) in [6, 6.07) is 1.25. The van der Waals surface area contributed by atoms with E-state index in [1.165, 1.54) is 12.3 Å². The van der Waals surface area contributed by atoms with E-state index in [0.717, 1.165) is 0 Å². The van der Waals surface area contributed by atoms with Crippen LogP contribution in [0.15, 0.2) is 12.3 Å². The van der Waals surface area contributed by atoms with Crippen molar-refractivity contribution < 1.29 is 29.0 Å². The summed E-state index contributed by atoms with van der Waals surface area (Å²) in [6.45, 7) is 4.44. The zero-order valence-corrected chi connectivity index (χ0v) is 20.3. The Hall–Kier alpha value is -2.98. The number of carbonyl (C=O) groups excluding carboxylic acids is 2. The molecule has 0 unspecified atom stereocenters. The van der Waals surface area contributed by atoms with Crippen molar-refractivity contribution in [3.8, 4) is 5.75 Å². The molecule has 0 spiro atoms. The van der Waals surface area contributed by atoms with Gasteiger partial charge in [-0.25, -0.2) is 9.78 Å². The summed E-state index contributed by atoms with van der Waals surface area (Å²) in [5.41, 5.74) is 0.811. The highest BCUT2D eigenvalue weighted by Crippen LogP contribution is 2.32. The molecule has 12 heteroatoms. The minimum absolute atomic E-state index is 0.00103. The number of hydrogen-bond donors (Lipinski definition) is 3. The van der Waals surface area contributed by atoms with Crippen LogP contribution in [0.3, 0.4) is 0 Å². The maximum absolute atomic E-state index is 12.6. The molecule has 184 valence electrons. The van der Waals surface area contributed by atoms with E-state index in [-0.39, 0.29) is 59.6 Å². The molecule has 10 nitrogen and oxygen atoms in total. The number of aromatic nitrogens is 2. The molecular formula is C22H26Cl2N4O6. The van der Waals surface area contributed by atoms with Crippen molar-refractivity contribution in [1.82, 2.24) is 15.3 Å². The van der Waals surface area contributed by atoms with E-state index < -0.39 is 5.97 Å². The number of anilines is 1. The van der Waals surface area contributed by atoms with Crippen LogP contribution >= 0.6 is 23.2 Å². The summed E-state index contributed by atoms with van der Waals surface area (Å²) in [6.07, 6.45) is 2.86. The molecule has 0 radical (unpaired) electrons. The topological polar surface area (TPSA) is 134 Å². The van der Waals surface area contributed by atoms with Crippen molar-refractivity contribution in [2.45, 2.75) is 39.2 Å². The molecule has 1 amide bonds. The van der Waals surface area contributed by atoms with Gasteiger partial charge >= 0.3 is 11.9 Å². The van der Waals surface area contributed by atoms with E-state index in [0.29, 0.717) is 42.5 Å². The Morgan fingerprint density at radius 3 is 2.53 bits per heavy atom. The average molecular weight is 513 g/mol. The standard InChI is InChI=1S/C22H26Cl2N4O6/c1-3-15(29)33-10-11-34-19-14(22(31)32)4-7-25-20(19)28-8-5-13(6-9-28)27-21(30)18-17(24)16(23)12(2)26-18/h4,7,13,26H,3,5-6,8-11H2,1-2H3,(H,27,30)(H,31,32). The van der Waals surface area contributed by atoms with E-state index in [1.54, 1.807) is 13.8 Å². The van der Waals surface area contributed by atoms with Crippen molar-refractivity contribution in [3.63, 3.8) is 0 Å². The third kappa shape index (κ3) is 5.92. The quantitative estimate of drug-likeness (QED) is 0.343. The number of carboxylic acids is 1. The maximum atomic E-state index is 12.6. The number of aromatic amines is 1. The van der Waals surface area contributed by atoms with Gasteiger partial charge in [-0.1, -0.05) is 30.1 Å². The number of piperidine rings is 1. The fraction of sp³-hybridized carbons (Fsp3) is 0.455. The number of esters is 1. The van der Waals surface area contributed by atoms with E-state index in [9.17, 15) is 19.5 Å². The van der Waals surface area contributed by atoms with Crippen LogP contribution in [0, 0.1) is 6.92 Å². The van der Waals surface area contributed by atoms with Crippen molar-refractivity contribution >= 4 is 46.9 Å². The second kappa shape index (κ2) is 11.4. The number of hydrogen-bond acceptors (Lipinski definition) is 7. The number of rotatable bonds is 9. The second-order valence-corrected chi connectivity index (χ2v) is 8.48. The van der Waals surface area contributed by atoms with Crippen molar-refractivity contribution in [3.05, 3.63) is 39.3 Å². The number of carboxylic acid groups (broad SMARTS) is 1. The molecular weight excluding hydrogens is 487 g/mol. The number of halogens is 2. The van der Waals surface area contributed by atoms with E-state index in [2.05, 4.69) is 15.3 Å². The van der Waals surface area contributed by atoms with Gasteiger partial charge in [-0.05, 0) is 25.8 Å². The van der Waals surface area contributed by atoms with E-state index in [4.69, 9.17) is 32.7 Å². The Kier molecular flexibility index (Phi) is 8.62. The second-order valence-electron chi connectivity index (χ2n) is 7.73. The van der Waals surface area contributed by atoms with Gasteiger partial charge in [-0.2, -0.15) is 0 Å². The van der Waals surface area contributed by atoms with Crippen LogP contribution in [0.25, 0.3) is 0 Å². The first-order chi connectivity index (χ1) is 16.2. The summed E-state index contributed by atoms with van der Waals surface area (Å²) in [5, 5.41) is 13.1. The Morgan fingerprint density at radius 1 is 1.24 bits per heavy atom. The molecule has 1 fully saturated rings. The van der Waals surface area contributed by atoms with E-state index in [1.807, 2.05) is 4.90 Å². The zero-order valence-electron chi connectivity index (χ0n) is 18.8. The molecule has 34 heavy (non-hydrogen) atoms. The fourth-order valence-corrected chi connectivity index (χ4v) is 4.01. The van der Waals surface area contributed by atoms with Crippen molar-refractivity contribution in [2.24, 2.45) is 0 Å². The lowest BCUT2D eigenvalue weighted by Gasteiger charge is -2.34. The third-order valence-corrected chi connectivity index (χ3v) is 6.36. The highest BCUT2D eigenvalue weighted by atomic mass is 35.5. The fourth-order valence-electron chi connectivity index (χ4n) is 3.60. The first-order valence-corrected chi connectivity index (χ1v) is 11.6. The number of pyridine rings is 1. The predicted molar refractivity (Wildman–Crippen MR) is 126 cm³/mol. The number of nitrogens with zero attached hydrogens (tertiary/aromatic N) is 2. The minimum atomic E-state index is -1.15. The van der Waals surface area contributed by atoms with Crippen LogP contribution < -0.4 is 15.0 Å². The zero-order chi connectivity index (χ0) is 24.8. The first kappa shape index (κ1) is 25.6. The average Bonchev–Trinajstić information content (AvgIpc) is 3.09. The Labute approximate surface area is 206 Å². The largest absolute Gasteiger partial charge is 0.485 e. The minimum Gasteiger partial charge on any atom is -0.485 e.